The first-order valence-electron chi connectivity index (χ1n) is 6.23. The number of benzene rings is 1. The van der Waals surface area contributed by atoms with Crippen molar-refractivity contribution in [2.24, 2.45) is 0 Å². The van der Waals surface area contributed by atoms with Crippen molar-refractivity contribution in [3.63, 3.8) is 0 Å². The van der Waals surface area contributed by atoms with E-state index in [1.807, 2.05) is 27.1 Å². The predicted octanol–water partition coefficient (Wildman–Crippen LogP) is 1.77. The minimum absolute atomic E-state index is 0.0424. The van der Waals surface area contributed by atoms with Crippen LogP contribution in [0.3, 0.4) is 0 Å². The standard InChI is InChI=1S/C14H22N2O2/c1-11-6-7-12(13(17)10-11)14(18)15-8-4-5-9-16(2)3/h6-7,10,17H,4-5,8-9H2,1-3H3,(H,15,18). The molecule has 0 spiro atoms. The van der Waals surface area contributed by atoms with Gasteiger partial charge in [0, 0.05) is 6.54 Å². The highest BCUT2D eigenvalue weighted by molar-refractivity contribution is 5.96. The Labute approximate surface area is 109 Å². The van der Waals surface area contributed by atoms with E-state index in [-0.39, 0.29) is 11.7 Å². The molecule has 0 aromatic heterocycles. The zero-order valence-electron chi connectivity index (χ0n) is 11.4. The number of phenolic OH excluding ortho intramolecular Hbond substituents is 1. The summed E-state index contributed by atoms with van der Waals surface area (Å²) in [5, 5.41) is 12.5. The summed E-state index contributed by atoms with van der Waals surface area (Å²) in [5.41, 5.74) is 1.28. The lowest BCUT2D eigenvalue weighted by Crippen LogP contribution is -2.25. The minimum atomic E-state index is -0.211. The fraction of sp³-hybridized carbons (Fsp3) is 0.500. The number of unbranched alkanes of at least 4 members (excludes halogenated alkanes) is 1. The van der Waals surface area contributed by atoms with Crippen LogP contribution in [0.4, 0.5) is 0 Å². The van der Waals surface area contributed by atoms with Gasteiger partial charge in [-0.2, -0.15) is 0 Å². The summed E-state index contributed by atoms with van der Waals surface area (Å²) in [4.78, 5) is 13.9. The normalized spacial score (nSPS) is 10.7. The number of aryl methyl sites for hydroxylation is 1. The Kier molecular flexibility index (Phi) is 5.65. The number of hydrogen-bond donors (Lipinski definition) is 2. The molecule has 2 N–H and O–H groups in total. The van der Waals surface area contributed by atoms with Crippen LogP contribution in [0.1, 0.15) is 28.8 Å². The molecule has 0 atom stereocenters. The number of nitrogens with one attached hydrogen (secondary N) is 1. The molecule has 4 nitrogen and oxygen atoms in total. The molecule has 0 aliphatic heterocycles. The Morgan fingerprint density at radius 1 is 1.33 bits per heavy atom. The van der Waals surface area contributed by atoms with E-state index in [4.69, 9.17) is 0 Å². The molecule has 1 rings (SSSR count). The van der Waals surface area contributed by atoms with E-state index in [2.05, 4.69) is 10.2 Å². The van der Waals surface area contributed by atoms with Gasteiger partial charge in [0.25, 0.3) is 5.91 Å². The van der Waals surface area contributed by atoms with Crippen molar-refractivity contribution >= 4 is 5.91 Å². The third-order valence-electron chi connectivity index (χ3n) is 2.72. The van der Waals surface area contributed by atoms with Gasteiger partial charge >= 0.3 is 0 Å². The molecule has 0 aliphatic rings. The molecule has 4 heteroatoms. The lowest BCUT2D eigenvalue weighted by Gasteiger charge is -2.10. The Balaban J connectivity index is 2.36. The third-order valence-corrected chi connectivity index (χ3v) is 2.72. The van der Waals surface area contributed by atoms with Crippen molar-refractivity contribution in [3.8, 4) is 5.75 Å². The van der Waals surface area contributed by atoms with Crippen LogP contribution in [0.25, 0.3) is 0 Å². The highest BCUT2D eigenvalue weighted by Crippen LogP contribution is 2.17. The highest BCUT2D eigenvalue weighted by atomic mass is 16.3. The molecule has 0 fully saturated rings. The molecule has 0 bridgehead atoms. The molecule has 1 aromatic carbocycles. The number of carbonyl (C=O) groups excluding carboxylic acids is 1. The van der Waals surface area contributed by atoms with Gasteiger partial charge in [-0.05, 0) is 58.1 Å². The molecule has 0 heterocycles. The van der Waals surface area contributed by atoms with Gasteiger partial charge in [-0.25, -0.2) is 0 Å². The van der Waals surface area contributed by atoms with E-state index in [0.29, 0.717) is 12.1 Å². The molecule has 1 amide bonds. The second-order valence-electron chi connectivity index (χ2n) is 4.79. The first kappa shape index (κ1) is 14.5. The molecule has 100 valence electrons. The number of nitrogens with zero attached hydrogens (tertiary/aromatic N) is 1. The SMILES string of the molecule is Cc1ccc(C(=O)NCCCCN(C)C)c(O)c1. The lowest BCUT2D eigenvalue weighted by molar-refractivity contribution is 0.0950. The van der Waals surface area contributed by atoms with Crippen molar-refractivity contribution in [3.05, 3.63) is 29.3 Å². The number of rotatable bonds is 6. The van der Waals surface area contributed by atoms with E-state index >= 15 is 0 Å². The quantitative estimate of drug-likeness (QED) is 0.757. The maximum absolute atomic E-state index is 11.8. The maximum Gasteiger partial charge on any atom is 0.255 e. The van der Waals surface area contributed by atoms with E-state index in [0.717, 1.165) is 24.9 Å². The van der Waals surface area contributed by atoms with Gasteiger partial charge in [-0.15, -0.1) is 0 Å². The van der Waals surface area contributed by atoms with E-state index in [1.54, 1.807) is 12.1 Å². The summed E-state index contributed by atoms with van der Waals surface area (Å²) in [6.07, 6.45) is 1.99. The molecular weight excluding hydrogens is 228 g/mol. The van der Waals surface area contributed by atoms with Gasteiger partial charge in [0.05, 0.1) is 5.56 Å². The van der Waals surface area contributed by atoms with E-state index in [9.17, 15) is 9.90 Å². The first-order chi connectivity index (χ1) is 8.50. The number of carbonyl (C=O) groups is 1. The van der Waals surface area contributed by atoms with Crippen LogP contribution < -0.4 is 5.32 Å². The Morgan fingerprint density at radius 3 is 2.67 bits per heavy atom. The lowest BCUT2D eigenvalue weighted by atomic mass is 10.1. The third kappa shape index (κ3) is 4.75. The molecule has 0 saturated carbocycles. The number of aromatic hydroxyl groups is 1. The zero-order valence-corrected chi connectivity index (χ0v) is 11.4. The van der Waals surface area contributed by atoms with Gasteiger partial charge in [0.15, 0.2) is 0 Å². The average Bonchev–Trinajstić information content (AvgIpc) is 2.27. The van der Waals surface area contributed by atoms with Crippen molar-refractivity contribution in [2.75, 3.05) is 27.2 Å². The van der Waals surface area contributed by atoms with E-state index in [1.165, 1.54) is 0 Å². The second-order valence-corrected chi connectivity index (χ2v) is 4.79. The topological polar surface area (TPSA) is 52.6 Å². The van der Waals surface area contributed by atoms with Crippen molar-refractivity contribution in [2.45, 2.75) is 19.8 Å². The second kappa shape index (κ2) is 7.01. The number of amides is 1. The van der Waals surface area contributed by atoms with Gasteiger partial charge in [0.2, 0.25) is 0 Å². The summed E-state index contributed by atoms with van der Waals surface area (Å²) in [5.74, 6) is -0.168. The summed E-state index contributed by atoms with van der Waals surface area (Å²) < 4.78 is 0. The summed E-state index contributed by atoms with van der Waals surface area (Å²) >= 11 is 0. The van der Waals surface area contributed by atoms with Gasteiger partial charge in [0.1, 0.15) is 5.75 Å². The average molecular weight is 250 g/mol. The van der Waals surface area contributed by atoms with Crippen LogP contribution in [0, 0.1) is 6.92 Å². The van der Waals surface area contributed by atoms with Gasteiger partial charge in [-0.3, -0.25) is 4.79 Å². The zero-order chi connectivity index (χ0) is 13.5. The monoisotopic (exact) mass is 250 g/mol. The maximum atomic E-state index is 11.8. The van der Waals surface area contributed by atoms with Crippen LogP contribution in [0.15, 0.2) is 18.2 Å². The van der Waals surface area contributed by atoms with Crippen LogP contribution in [-0.4, -0.2) is 43.1 Å². The first-order valence-corrected chi connectivity index (χ1v) is 6.23. The molecular formula is C14H22N2O2. The van der Waals surface area contributed by atoms with Crippen molar-refractivity contribution < 1.29 is 9.90 Å². The minimum Gasteiger partial charge on any atom is -0.507 e. The highest BCUT2D eigenvalue weighted by Gasteiger charge is 2.09. The molecule has 0 unspecified atom stereocenters. The summed E-state index contributed by atoms with van der Waals surface area (Å²) in [6.45, 7) is 3.54. The largest absolute Gasteiger partial charge is 0.507 e. The van der Waals surface area contributed by atoms with E-state index < -0.39 is 0 Å². The van der Waals surface area contributed by atoms with Crippen LogP contribution in [0.5, 0.6) is 5.75 Å². The van der Waals surface area contributed by atoms with Crippen molar-refractivity contribution in [1.82, 2.24) is 10.2 Å². The van der Waals surface area contributed by atoms with Gasteiger partial charge in [-0.1, -0.05) is 6.07 Å². The Bertz CT molecular complexity index is 403. The van der Waals surface area contributed by atoms with Gasteiger partial charge < -0.3 is 15.3 Å². The van der Waals surface area contributed by atoms with Crippen LogP contribution in [0.2, 0.25) is 0 Å². The smallest absolute Gasteiger partial charge is 0.255 e. The molecule has 18 heavy (non-hydrogen) atoms. The predicted molar refractivity (Wildman–Crippen MR) is 73.0 cm³/mol. The summed E-state index contributed by atoms with van der Waals surface area (Å²) in [6, 6.07) is 5.07. The van der Waals surface area contributed by atoms with Crippen LogP contribution >= 0.6 is 0 Å². The Morgan fingerprint density at radius 2 is 2.06 bits per heavy atom. The fourth-order valence-electron chi connectivity index (χ4n) is 1.68. The van der Waals surface area contributed by atoms with Crippen LogP contribution in [-0.2, 0) is 0 Å². The molecule has 1 aromatic rings. The molecule has 0 saturated heterocycles. The fourth-order valence-corrected chi connectivity index (χ4v) is 1.68. The molecule has 0 aliphatic carbocycles. The molecule has 0 radical (unpaired) electrons. The number of phenols is 1. The Hall–Kier alpha value is -1.55. The van der Waals surface area contributed by atoms with Crippen molar-refractivity contribution in [1.29, 1.82) is 0 Å². The summed E-state index contributed by atoms with van der Waals surface area (Å²) in [7, 11) is 4.06. The number of hydrogen-bond acceptors (Lipinski definition) is 3.